The number of carbonyl (C=O) groups excluding carboxylic acids is 1. The molecule has 6 nitrogen and oxygen atoms in total. The molecule has 2 aromatic heterocycles. The van der Waals surface area contributed by atoms with Gasteiger partial charge in [-0.25, -0.2) is 0 Å². The number of hydrogen-bond donors (Lipinski definition) is 2. The molecule has 0 aromatic carbocycles. The van der Waals surface area contributed by atoms with E-state index in [4.69, 9.17) is 0 Å². The molecule has 0 unspecified atom stereocenters. The Morgan fingerprint density at radius 3 is 3.05 bits per heavy atom. The second kappa shape index (κ2) is 7.55. The van der Waals surface area contributed by atoms with E-state index in [-0.39, 0.29) is 5.91 Å². The molecule has 2 heterocycles. The first-order valence-electron chi connectivity index (χ1n) is 6.01. The molecule has 0 fully saturated rings. The van der Waals surface area contributed by atoms with Gasteiger partial charge in [0.1, 0.15) is 0 Å². The molecule has 0 saturated carbocycles. The van der Waals surface area contributed by atoms with E-state index in [1.165, 1.54) is 11.5 Å². The monoisotopic (exact) mass is 277 g/mol. The summed E-state index contributed by atoms with van der Waals surface area (Å²) in [5.41, 5.74) is 1.54. The lowest BCUT2D eigenvalue weighted by molar-refractivity contribution is 0.0948. The van der Waals surface area contributed by atoms with Gasteiger partial charge in [0.2, 0.25) is 0 Å². The maximum Gasteiger partial charge on any atom is 0.272 e. The minimum Gasteiger partial charge on any atom is -0.351 e. The molecule has 1 amide bonds. The van der Waals surface area contributed by atoms with Crippen LogP contribution in [0.1, 0.15) is 22.5 Å². The van der Waals surface area contributed by atoms with E-state index in [9.17, 15) is 4.79 Å². The number of hydrogen-bond acceptors (Lipinski definition) is 6. The average Bonchev–Trinajstić information content (AvgIpc) is 2.98. The topological polar surface area (TPSA) is 79.8 Å². The maximum atomic E-state index is 11.5. The summed E-state index contributed by atoms with van der Waals surface area (Å²) in [4.78, 5) is 15.6. The quantitative estimate of drug-likeness (QED) is 0.733. The van der Waals surface area contributed by atoms with E-state index in [1.54, 1.807) is 11.6 Å². The van der Waals surface area contributed by atoms with Crippen LogP contribution in [0.25, 0.3) is 0 Å². The van der Waals surface area contributed by atoms with Gasteiger partial charge in [0.25, 0.3) is 5.91 Å². The summed E-state index contributed by atoms with van der Waals surface area (Å²) in [6, 6.07) is 3.94. The van der Waals surface area contributed by atoms with Crippen LogP contribution >= 0.6 is 11.5 Å². The predicted octanol–water partition coefficient (Wildman–Crippen LogP) is 0.843. The Morgan fingerprint density at radius 2 is 2.32 bits per heavy atom. The van der Waals surface area contributed by atoms with Gasteiger partial charge in [-0.15, -0.1) is 5.10 Å². The third-order valence-corrected chi connectivity index (χ3v) is 2.97. The number of pyridine rings is 1. The van der Waals surface area contributed by atoms with Crippen molar-refractivity contribution in [3.8, 4) is 0 Å². The van der Waals surface area contributed by atoms with Gasteiger partial charge in [0.05, 0.1) is 0 Å². The van der Waals surface area contributed by atoms with Crippen molar-refractivity contribution >= 4 is 17.4 Å². The van der Waals surface area contributed by atoms with E-state index in [1.807, 2.05) is 18.3 Å². The number of nitrogens with zero attached hydrogens (tertiary/aromatic N) is 3. The van der Waals surface area contributed by atoms with Gasteiger partial charge < -0.3 is 10.6 Å². The highest BCUT2D eigenvalue weighted by Crippen LogP contribution is 1.96. The van der Waals surface area contributed by atoms with E-state index in [0.29, 0.717) is 12.2 Å². The molecule has 0 saturated heterocycles. The molecule has 2 rings (SSSR count). The zero-order chi connectivity index (χ0) is 13.3. The summed E-state index contributed by atoms with van der Waals surface area (Å²) in [6.45, 7) is 2.25. The predicted molar refractivity (Wildman–Crippen MR) is 72.8 cm³/mol. The van der Waals surface area contributed by atoms with Crippen molar-refractivity contribution in [3.63, 3.8) is 0 Å². The lowest BCUT2D eigenvalue weighted by Crippen LogP contribution is -2.27. The Morgan fingerprint density at radius 1 is 1.37 bits per heavy atom. The fraction of sp³-hybridized carbons (Fsp3) is 0.333. The van der Waals surface area contributed by atoms with Gasteiger partial charge in [0.15, 0.2) is 5.69 Å². The second-order valence-corrected chi connectivity index (χ2v) is 4.55. The molecule has 0 spiro atoms. The molecule has 19 heavy (non-hydrogen) atoms. The molecule has 0 aliphatic carbocycles. The molecule has 7 heteroatoms. The number of nitrogens with one attached hydrogen (secondary N) is 2. The number of rotatable bonds is 7. The zero-order valence-corrected chi connectivity index (χ0v) is 11.2. The summed E-state index contributed by atoms with van der Waals surface area (Å²) in [6.07, 6.45) is 4.46. The molecule has 0 atom stereocenters. The highest BCUT2D eigenvalue weighted by Gasteiger charge is 2.06. The van der Waals surface area contributed by atoms with Crippen molar-refractivity contribution in [1.29, 1.82) is 0 Å². The number of carbonyl (C=O) groups is 1. The molecule has 2 N–H and O–H groups in total. The first-order valence-corrected chi connectivity index (χ1v) is 6.85. The van der Waals surface area contributed by atoms with Crippen LogP contribution in [0.15, 0.2) is 29.9 Å². The fourth-order valence-corrected chi connectivity index (χ4v) is 1.94. The van der Waals surface area contributed by atoms with Crippen molar-refractivity contribution in [3.05, 3.63) is 41.2 Å². The third kappa shape index (κ3) is 4.72. The van der Waals surface area contributed by atoms with Crippen molar-refractivity contribution in [2.45, 2.75) is 13.0 Å². The minimum atomic E-state index is -0.166. The first kappa shape index (κ1) is 13.6. The molecule has 100 valence electrons. The van der Waals surface area contributed by atoms with Crippen LogP contribution in [0.2, 0.25) is 0 Å². The average molecular weight is 277 g/mol. The third-order valence-electron chi connectivity index (χ3n) is 2.46. The molecule has 2 aromatic rings. The van der Waals surface area contributed by atoms with Crippen LogP contribution in [0.5, 0.6) is 0 Å². The SMILES string of the molecule is O=C(NCCCNCc1cccnc1)c1csnn1. The van der Waals surface area contributed by atoms with E-state index >= 15 is 0 Å². The van der Waals surface area contributed by atoms with E-state index < -0.39 is 0 Å². The van der Waals surface area contributed by atoms with Crippen LogP contribution in [-0.4, -0.2) is 33.6 Å². The van der Waals surface area contributed by atoms with Crippen LogP contribution in [0.4, 0.5) is 0 Å². The Kier molecular flexibility index (Phi) is 5.39. The molecule has 0 aliphatic rings. The van der Waals surface area contributed by atoms with Gasteiger partial charge in [-0.2, -0.15) is 0 Å². The van der Waals surface area contributed by atoms with Gasteiger partial charge >= 0.3 is 0 Å². The number of amides is 1. The zero-order valence-electron chi connectivity index (χ0n) is 10.4. The van der Waals surface area contributed by atoms with Crippen LogP contribution in [-0.2, 0) is 6.54 Å². The van der Waals surface area contributed by atoms with Crippen molar-refractivity contribution in [2.24, 2.45) is 0 Å². The Labute approximate surface area is 115 Å². The molecular formula is C12H15N5OS. The second-order valence-electron chi connectivity index (χ2n) is 3.94. The molecule has 0 aliphatic heterocycles. The van der Waals surface area contributed by atoms with E-state index in [0.717, 1.165) is 25.1 Å². The summed E-state index contributed by atoms with van der Waals surface area (Å²) in [5.74, 6) is -0.166. The van der Waals surface area contributed by atoms with Gasteiger partial charge in [-0.05, 0) is 36.1 Å². The first-order chi connectivity index (χ1) is 9.36. The molecule has 0 bridgehead atoms. The number of aromatic nitrogens is 3. The van der Waals surface area contributed by atoms with Crippen molar-refractivity contribution < 1.29 is 4.79 Å². The Hall–Kier alpha value is -1.86. The lowest BCUT2D eigenvalue weighted by Gasteiger charge is -2.05. The Balaban J connectivity index is 1.54. The van der Waals surface area contributed by atoms with Crippen molar-refractivity contribution in [2.75, 3.05) is 13.1 Å². The summed E-state index contributed by atoms with van der Waals surface area (Å²) in [7, 11) is 0. The summed E-state index contributed by atoms with van der Waals surface area (Å²) < 4.78 is 3.65. The van der Waals surface area contributed by atoms with Gasteiger partial charge in [-0.1, -0.05) is 10.6 Å². The highest BCUT2D eigenvalue weighted by atomic mass is 32.1. The standard InChI is InChI=1S/C12H15N5OS/c18-12(11-9-19-17-16-11)15-6-2-5-14-8-10-3-1-4-13-7-10/h1,3-4,7,9,14H,2,5-6,8H2,(H,15,18). The fourth-order valence-electron chi connectivity index (χ4n) is 1.50. The van der Waals surface area contributed by atoms with Crippen LogP contribution < -0.4 is 10.6 Å². The minimum absolute atomic E-state index is 0.166. The molecular weight excluding hydrogens is 262 g/mol. The maximum absolute atomic E-state index is 11.5. The summed E-state index contributed by atoms with van der Waals surface area (Å²) in [5, 5.41) is 11.4. The Bertz CT molecular complexity index is 488. The highest BCUT2D eigenvalue weighted by molar-refractivity contribution is 7.03. The lowest BCUT2D eigenvalue weighted by atomic mass is 10.3. The van der Waals surface area contributed by atoms with Crippen molar-refractivity contribution in [1.82, 2.24) is 25.2 Å². The van der Waals surface area contributed by atoms with E-state index in [2.05, 4.69) is 25.2 Å². The normalized spacial score (nSPS) is 10.3. The summed E-state index contributed by atoms with van der Waals surface area (Å²) >= 11 is 1.17. The molecule has 0 radical (unpaired) electrons. The van der Waals surface area contributed by atoms with Gasteiger partial charge in [-0.3, -0.25) is 9.78 Å². The largest absolute Gasteiger partial charge is 0.351 e. The van der Waals surface area contributed by atoms with Crippen LogP contribution in [0, 0.1) is 0 Å². The van der Waals surface area contributed by atoms with Crippen LogP contribution in [0.3, 0.4) is 0 Å². The van der Waals surface area contributed by atoms with Gasteiger partial charge in [0, 0.05) is 30.9 Å². The smallest absolute Gasteiger partial charge is 0.272 e.